The molecule has 0 bridgehead atoms. The molecule has 0 atom stereocenters. The summed E-state index contributed by atoms with van der Waals surface area (Å²) in [4.78, 5) is 11.2. The number of benzene rings is 1. The number of rotatable bonds is 5. The monoisotopic (exact) mass is 311 g/mol. The van der Waals surface area contributed by atoms with E-state index in [1.54, 1.807) is 22.9 Å². The van der Waals surface area contributed by atoms with Crippen LogP contribution in [-0.4, -0.2) is 21.3 Å². The number of aldehydes is 1. The van der Waals surface area contributed by atoms with Gasteiger partial charge in [0, 0.05) is 16.0 Å². The molecule has 0 spiro atoms. The smallest absolute Gasteiger partial charge is 0.172 e. The van der Waals surface area contributed by atoms with E-state index in [0.29, 0.717) is 21.4 Å². The summed E-state index contributed by atoms with van der Waals surface area (Å²) in [7, 11) is 0. The number of nitrogens with zero attached hydrogens (tertiary/aromatic N) is 3. The minimum absolute atomic E-state index is 0.211. The zero-order valence-corrected chi connectivity index (χ0v) is 12.8. The Morgan fingerprint density at radius 2 is 1.80 bits per heavy atom. The van der Waals surface area contributed by atoms with Crippen LogP contribution in [0.2, 0.25) is 10.0 Å². The molecule has 1 heterocycles. The topological polar surface area (TPSA) is 47.8 Å². The first-order valence-corrected chi connectivity index (χ1v) is 7.23. The van der Waals surface area contributed by atoms with E-state index < -0.39 is 0 Å². The lowest BCUT2D eigenvalue weighted by atomic mass is 9.97. The van der Waals surface area contributed by atoms with Gasteiger partial charge in [-0.3, -0.25) is 4.79 Å². The quantitative estimate of drug-likeness (QED) is 0.774. The highest BCUT2D eigenvalue weighted by Crippen LogP contribution is 2.29. The summed E-state index contributed by atoms with van der Waals surface area (Å²) >= 11 is 12.0. The van der Waals surface area contributed by atoms with Gasteiger partial charge in [-0.15, -0.1) is 5.10 Å². The molecule has 1 aromatic carbocycles. The standard InChI is InChI=1S/C14H15Cl2N3O/c1-3-9(4-2)14-13(8-20)17-18-19(14)12-6-10(15)5-11(16)7-12/h5-9H,3-4H2,1-2H3. The fourth-order valence-corrected chi connectivity index (χ4v) is 2.81. The van der Waals surface area contributed by atoms with E-state index in [-0.39, 0.29) is 5.92 Å². The van der Waals surface area contributed by atoms with Gasteiger partial charge in [-0.1, -0.05) is 42.3 Å². The molecule has 2 rings (SSSR count). The zero-order valence-electron chi connectivity index (χ0n) is 11.3. The first-order valence-electron chi connectivity index (χ1n) is 6.47. The van der Waals surface area contributed by atoms with Gasteiger partial charge in [0.25, 0.3) is 0 Å². The third kappa shape index (κ3) is 2.86. The molecular weight excluding hydrogens is 297 g/mol. The van der Waals surface area contributed by atoms with Crippen LogP contribution in [0.4, 0.5) is 0 Å². The number of hydrogen-bond acceptors (Lipinski definition) is 3. The van der Waals surface area contributed by atoms with E-state index in [9.17, 15) is 4.79 Å². The Hall–Kier alpha value is -1.39. The first kappa shape index (κ1) is 15.0. The molecule has 0 amide bonds. The Bertz CT molecular complexity index is 601. The second-order valence-corrected chi connectivity index (χ2v) is 5.40. The summed E-state index contributed by atoms with van der Waals surface area (Å²) in [6, 6.07) is 5.16. The molecule has 0 fully saturated rings. The van der Waals surface area contributed by atoms with E-state index in [1.165, 1.54) is 0 Å². The van der Waals surface area contributed by atoms with Crippen LogP contribution in [0.1, 0.15) is 48.8 Å². The Balaban J connectivity index is 2.62. The molecule has 0 unspecified atom stereocenters. The number of carbonyl (C=O) groups is 1. The van der Waals surface area contributed by atoms with E-state index in [0.717, 1.165) is 24.8 Å². The molecule has 0 aliphatic heterocycles. The number of hydrogen-bond donors (Lipinski definition) is 0. The van der Waals surface area contributed by atoms with Crippen molar-refractivity contribution in [1.82, 2.24) is 15.0 Å². The molecule has 20 heavy (non-hydrogen) atoms. The maximum absolute atomic E-state index is 11.2. The Morgan fingerprint density at radius 3 is 2.30 bits per heavy atom. The molecular formula is C14H15Cl2N3O. The van der Waals surface area contributed by atoms with Crippen molar-refractivity contribution in [2.75, 3.05) is 0 Å². The molecule has 0 N–H and O–H groups in total. The highest BCUT2D eigenvalue weighted by atomic mass is 35.5. The Morgan fingerprint density at radius 1 is 1.20 bits per heavy atom. The summed E-state index contributed by atoms with van der Waals surface area (Å²) in [5, 5.41) is 9.06. The third-order valence-electron chi connectivity index (χ3n) is 3.31. The molecule has 106 valence electrons. The second kappa shape index (κ2) is 6.37. The molecule has 0 saturated carbocycles. The van der Waals surface area contributed by atoms with Crippen molar-refractivity contribution in [1.29, 1.82) is 0 Å². The van der Waals surface area contributed by atoms with Crippen LogP contribution in [-0.2, 0) is 0 Å². The summed E-state index contributed by atoms with van der Waals surface area (Å²) in [6.07, 6.45) is 2.54. The number of carbonyl (C=O) groups excluding carboxylic acids is 1. The van der Waals surface area contributed by atoms with Gasteiger partial charge in [-0.2, -0.15) is 0 Å². The maximum Gasteiger partial charge on any atom is 0.172 e. The van der Waals surface area contributed by atoms with Crippen LogP contribution in [0, 0.1) is 0 Å². The lowest BCUT2D eigenvalue weighted by Gasteiger charge is -2.15. The zero-order chi connectivity index (χ0) is 14.7. The van der Waals surface area contributed by atoms with E-state index in [4.69, 9.17) is 23.2 Å². The molecule has 1 aromatic heterocycles. The minimum Gasteiger partial charge on any atom is -0.296 e. The van der Waals surface area contributed by atoms with Crippen LogP contribution >= 0.6 is 23.2 Å². The lowest BCUT2D eigenvalue weighted by molar-refractivity contribution is 0.111. The number of halogens is 2. The molecule has 6 heteroatoms. The highest BCUT2D eigenvalue weighted by molar-refractivity contribution is 6.34. The predicted octanol–water partition coefficient (Wildman–Crippen LogP) is 4.29. The van der Waals surface area contributed by atoms with Gasteiger partial charge in [-0.25, -0.2) is 4.68 Å². The van der Waals surface area contributed by atoms with Crippen molar-refractivity contribution >= 4 is 29.5 Å². The van der Waals surface area contributed by atoms with Gasteiger partial charge < -0.3 is 0 Å². The second-order valence-electron chi connectivity index (χ2n) is 4.53. The van der Waals surface area contributed by atoms with Crippen molar-refractivity contribution in [2.24, 2.45) is 0 Å². The van der Waals surface area contributed by atoms with E-state index in [2.05, 4.69) is 24.2 Å². The first-order chi connectivity index (χ1) is 9.60. The largest absolute Gasteiger partial charge is 0.296 e. The van der Waals surface area contributed by atoms with Crippen LogP contribution < -0.4 is 0 Å². The van der Waals surface area contributed by atoms with Crippen LogP contribution in [0.25, 0.3) is 5.69 Å². The van der Waals surface area contributed by atoms with Gasteiger partial charge in [0.2, 0.25) is 0 Å². The molecule has 0 aliphatic rings. The van der Waals surface area contributed by atoms with Gasteiger partial charge in [0.1, 0.15) is 5.69 Å². The summed E-state index contributed by atoms with van der Waals surface area (Å²) in [6.45, 7) is 4.15. The average molecular weight is 312 g/mol. The van der Waals surface area contributed by atoms with Gasteiger partial charge in [0.05, 0.1) is 11.4 Å². The SMILES string of the molecule is CCC(CC)c1c(C=O)nnn1-c1cc(Cl)cc(Cl)c1. The normalized spacial score (nSPS) is 11.1. The fourth-order valence-electron chi connectivity index (χ4n) is 2.29. The molecule has 0 radical (unpaired) electrons. The van der Waals surface area contributed by atoms with Gasteiger partial charge in [-0.05, 0) is 31.0 Å². The molecule has 2 aromatic rings. The Labute approximate surface area is 127 Å². The summed E-state index contributed by atoms with van der Waals surface area (Å²) in [5.41, 5.74) is 1.89. The molecule has 0 aliphatic carbocycles. The van der Waals surface area contributed by atoms with Crippen molar-refractivity contribution < 1.29 is 4.79 Å². The summed E-state index contributed by atoms with van der Waals surface area (Å²) in [5.74, 6) is 0.211. The fraction of sp³-hybridized carbons (Fsp3) is 0.357. The average Bonchev–Trinajstić information content (AvgIpc) is 2.83. The van der Waals surface area contributed by atoms with Crippen LogP contribution in [0.5, 0.6) is 0 Å². The van der Waals surface area contributed by atoms with Crippen molar-refractivity contribution in [3.05, 3.63) is 39.6 Å². The van der Waals surface area contributed by atoms with Crippen molar-refractivity contribution in [3.63, 3.8) is 0 Å². The van der Waals surface area contributed by atoms with E-state index in [1.807, 2.05) is 0 Å². The van der Waals surface area contributed by atoms with Gasteiger partial charge >= 0.3 is 0 Å². The summed E-state index contributed by atoms with van der Waals surface area (Å²) < 4.78 is 1.65. The number of aromatic nitrogens is 3. The van der Waals surface area contributed by atoms with Crippen molar-refractivity contribution in [3.8, 4) is 5.69 Å². The van der Waals surface area contributed by atoms with Gasteiger partial charge in [0.15, 0.2) is 6.29 Å². The Kier molecular flexibility index (Phi) is 4.78. The van der Waals surface area contributed by atoms with Crippen LogP contribution in [0.15, 0.2) is 18.2 Å². The maximum atomic E-state index is 11.2. The third-order valence-corrected chi connectivity index (χ3v) is 3.74. The molecule has 0 saturated heterocycles. The predicted molar refractivity (Wildman–Crippen MR) is 80.1 cm³/mol. The highest BCUT2D eigenvalue weighted by Gasteiger charge is 2.21. The molecule has 4 nitrogen and oxygen atoms in total. The van der Waals surface area contributed by atoms with Crippen LogP contribution in [0.3, 0.4) is 0 Å². The van der Waals surface area contributed by atoms with Crippen molar-refractivity contribution in [2.45, 2.75) is 32.6 Å². The lowest BCUT2D eigenvalue weighted by Crippen LogP contribution is -2.08. The van der Waals surface area contributed by atoms with E-state index >= 15 is 0 Å². The minimum atomic E-state index is 0.211.